The van der Waals surface area contributed by atoms with Crippen LogP contribution in [0, 0.1) is 0 Å². The van der Waals surface area contributed by atoms with Crippen LogP contribution in [0.2, 0.25) is 0 Å². The fraction of sp³-hybridized carbons (Fsp3) is 0.583. The maximum atomic E-state index is 12.1. The molecule has 1 fully saturated rings. The number of H-pyrrole nitrogens is 1. The smallest absolute Gasteiger partial charge is 0.328 e. The summed E-state index contributed by atoms with van der Waals surface area (Å²) in [4.78, 5) is 39.1. The summed E-state index contributed by atoms with van der Waals surface area (Å²) < 4.78 is 6.06. The molecular weight excluding hydrogens is 266 g/mol. The summed E-state index contributed by atoms with van der Waals surface area (Å²) in [5.74, 6) is -0.279. The van der Waals surface area contributed by atoms with Gasteiger partial charge >= 0.3 is 5.69 Å². The Bertz CT molecular complexity index is 606. The Morgan fingerprint density at radius 3 is 3.05 bits per heavy atom. The van der Waals surface area contributed by atoms with Gasteiger partial charge in [-0.05, 0) is 0 Å². The van der Waals surface area contributed by atoms with Crippen molar-refractivity contribution in [2.24, 2.45) is 7.05 Å². The van der Waals surface area contributed by atoms with Gasteiger partial charge in [0.2, 0.25) is 5.91 Å². The molecule has 8 nitrogen and oxygen atoms in total. The van der Waals surface area contributed by atoms with Crippen molar-refractivity contribution >= 4 is 5.91 Å². The minimum atomic E-state index is -0.722. The zero-order valence-corrected chi connectivity index (χ0v) is 11.2. The molecule has 2 N–H and O–H groups in total. The summed E-state index contributed by atoms with van der Waals surface area (Å²) in [7, 11) is 1.35. The van der Waals surface area contributed by atoms with Crippen molar-refractivity contribution in [2.75, 3.05) is 26.3 Å². The number of aromatic amines is 1. The van der Waals surface area contributed by atoms with Crippen LogP contribution in [0.25, 0.3) is 0 Å². The molecule has 0 radical (unpaired) electrons. The van der Waals surface area contributed by atoms with Gasteiger partial charge in [0.1, 0.15) is 0 Å². The van der Waals surface area contributed by atoms with E-state index in [0.29, 0.717) is 13.2 Å². The lowest BCUT2D eigenvalue weighted by Gasteiger charge is -2.21. The minimum absolute atomic E-state index is 0.115. The summed E-state index contributed by atoms with van der Waals surface area (Å²) in [5, 5.41) is 9.58. The molecule has 1 amide bonds. The molecule has 0 saturated carbocycles. The number of nitrogens with one attached hydrogen (secondary N) is 1. The fourth-order valence-electron chi connectivity index (χ4n) is 2.04. The zero-order valence-electron chi connectivity index (χ0n) is 11.2. The number of hydrogen-bond donors (Lipinski definition) is 2. The minimum Gasteiger partial charge on any atom is -0.389 e. The van der Waals surface area contributed by atoms with Crippen molar-refractivity contribution in [3.8, 4) is 0 Å². The Morgan fingerprint density at radius 2 is 2.30 bits per heavy atom. The summed E-state index contributed by atoms with van der Waals surface area (Å²) in [6.07, 6.45) is 0.420. The summed E-state index contributed by atoms with van der Waals surface area (Å²) in [5.41, 5.74) is -0.796. The van der Waals surface area contributed by atoms with E-state index in [1.807, 2.05) is 0 Å². The number of rotatable bonds is 2. The van der Waals surface area contributed by atoms with Crippen LogP contribution >= 0.6 is 0 Å². The molecule has 1 aromatic rings. The number of aliphatic hydroxyl groups excluding tert-OH is 1. The highest BCUT2D eigenvalue weighted by molar-refractivity contribution is 5.78. The normalized spacial score (nSPS) is 19.7. The van der Waals surface area contributed by atoms with Crippen LogP contribution < -0.4 is 11.2 Å². The number of aromatic nitrogens is 2. The van der Waals surface area contributed by atoms with Gasteiger partial charge in [-0.15, -0.1) is 0 Å². The average molecular weight is 283 g/mol. The van der Waals surface area contributed by atoms with E-state index in [-0.39, 0.29) is 31.0 Å². The zero-order chi connectivity index (χ0) is 14.7. The molecule has 1 saturated heterocycles. The first-order chi connectivity index (χ1) is 9.49. The maximum Gasteiger partial charge on any atom is 0.328 e. The maximum absolute atomic E-state index is 12.1. The van der Waals surface area contributed by atoms with E-state index < -0.39 is 17.4 Å². The molecule has 110 valence electrons. The van der Waals surface area contributed by atoms with Crippen LogP contribution in [0.5, 0.6) is 0 Å². The van der Waals surface area contributed by atoms with Gasteiger partial charge in [0.05, 0.1) is 25.7 Å². The van der Waals surface area contributed by atoms with Crippen LogP contribution in [0.1, 0.15) is 5.56 Å². The van der Waals surface area contributed by atoms with Crippen LogP contribution in [-0.4, -0.2) is 57.9 Å². The Hall–Kier alpha value is -1.93. The molecule has 1 aliphatic heterocycles. The van der Waals surface area contributed by atoms with Crippen molar-refractivity contribution in [3.63, 3.8) is 0 Å². The lowest BCUT2D eigenvalue weighted by Crippen LogP contribution is -2.41. The Kier molecular flexibility index (Phi) is 4.35. The van der Waals surface area contributed by atoms with E-state index in [2.05, 4.69) is 4.98 Å². The molecule has 2 heterocycles. The van der Waals surface area contributed by atoms with Crippen molar-refractivity contribution in [1.82, 2.24) is 14.5 Å². The summed E-state index contributed by atoms with van der Waals surface area (Å²) in [6, 6.07) is 0. The van der Waals surface area contributed by atoms with Crippen molar-refractivity contribution in [2.45, 2.75) is 12.5 Å². The van der Waals surface area contributed by atoms with Gasteiger partial charge in [-0.3, -0.25) is 14.2 Å². The second-order valence-corrected chi connectivity index (χ2v) is 4.73. The molecule has 1 atom stereocenters. The molecule has 0 bridgehead atoms. The SMILES string of the molecule is Cn1c(=O)[nH]cc(CC(=O)N2CCOC[C@@H](O)C2)c1=O. The highest BCUT2D eigenvalue weighted by Gasteiger charge is 2.22. The third-order valence-corrected chi connectivity index (χ3v) is 3.20. The van der Waals surface area contributed by atoms with E-state index in [4.69, 9.17) is 4.74 Å². The van der Waals surface area contributed by atoms with Crippen LogP contribution in [-0.2, 0) is 23.0 Å². The van der Waals surface area contributed by atoms with Crippen molar-refractivity contribution in [3.05, 3.63) is 32.6 Å². The topological polar surface area (TPSA) is 105 Å². The van der Waals surface area contributed by atoms with Crippen LogP contribution in [0.15, 0.2) is 15.8 Å². The summed E-state index contributed by atoms with van der Waals surface area (Å²) >= 11 is 0. The molecule has 0 aromatic carbocycles. The van der Waals surface area contributed by atoms with Gasteiger partial charge in [-0.2, -0.15) is 0 Å². The predicted octanol–water partition coefficient (Wildman–Crippen LogP) is -2.16. The Labute approximate surface area is 114 Å². The first-order valence-electron chi connectivity index (χ1n) is 6.30. The molecule has 1 aromatic heterocycles. The number of amides is 1. The monoisotopic (exact) mass is 283 g/mol. The third kappa shape index (κ3) is 3.14. The van der Waals surface area contributed by atoms with Gasteiger partial charge in [0.25, 0.3) is 5.56 Å². The molecule has 1 aliphatic rings. The number of aliphatic hydroxyl groups is 1. The largest absolute Gasteiger partial charge is 0.389 e. The second-order valence-electron chi connectivity index (χ2n) is 4.73. The molecular formula is C12H17N3O5. The number of hydrogen-bond acceptors (Lipinski definition) is 5. The molecule has 0 unspecified atom stereocenters. The number of carbonyl (C=O) groups excluding carboxylic acids is 1. The lowest BCUT2D eigenvalue weighted by atomic mass is 10.2. The molecule has 2 rings (SSSR count). The highest BCUT2D eigenvalue weighted by atomic mass is 16.5. The number of β-amino-alcohol motifs (C(OH)–C–C–N with tert-alkyl or cyclic N) is 1. The van der Waals surface area contributed by atoms with Gasteiger partial charge in [0.15, 0.2) is 0 Å². The molecule has 0 spiro atoms. The first-order valence-corrected chi connectivity index (χ1v) is 6.30. The molecule has 8 heteroatoms. The Balaban J connectivity index is 2.13. The number of carbonyl (C=O) groups is 1. The molecule has 20 heavy (non-hydrogen) atoms. The predicted molar refractivity (Wildman–Crippen MR) is 69.4 cm³/mol. The third-order valence-electron chi connectivity index (χ3n) is 3.20. The van der Waals surface area contributed by atoms with Crippen molar-refractivity contribution < 1.29 is 14.6 Å². The summed E-state index contributed by atoms with van der Waals surface area (Å²) in [6.45, 7) is 1.11. The van der Waals surface area contributed by atoms with Crippen LogP contribution in [0.4, 0.5) is 0 Å². The van der Waals surface area contributed by atoms with Crippen LogP contribution in [0.3, 0.4) is 0 Å². The molecule has 0 aliphatic carbocycles. The van der Waals surface area contributed by atoms with E-state index in [9.17, 15) is 19.5 Å². The number of nitrogens with zero attached hydrogens (tertiary/aromatic N) is 2. The van der Waals surface area contributed by atoms with Crippen molar-refractivity contribution in [1.29, 1.82) is 0 Å². The fourth-order valence-corrected chi connectivity index (χ4v) is 2.04. The van der Waals surface area contributed by atoms with E-state index >= 15 is 0 Å². The van der Waals surface area contributed by atoms with Gasteiger partial charge in [0, 0.05) is 31.9 Å². The average Bonchev–Trinajstić information content (AvgIpc) is 2.64. The lowest BCUT2D eigenvalue weighted by molar-refractivity contribution is -0.131. The van der Waals surface area contributed by atoms with E-state index in [1.54, 1.807) is 0 Å². The first kappa shape index (κ1) is 14.5. The van der Waals surface area contributed by atoms with E-state index in [0.717, 1.165) is 4.57 Å². The second kappa shape index (κ2) is 6.02. The van der Waals surface area contributed by atoms with E-state index in [1.165, 1.54) is 18.1 Å². The highest BCUT2D eigenvalue weighted by Crippen LogP contribution is 2.03. The Morgan fingerprint density at radius 1 is 1.55 bits per heavy atom. The standard InChI is InChI=1S/C12H17N3O5/c1-14-11(18)8(5-13-12(14)19)4-10(17)15-2-3-20-7-9(16)6-15/h5,9,16H,2-4,6-7H2,1H3,(H,13,19)/t9-/m0/s1. The quantitative estimate of drug-likeness (QED) is 0.643. The van der Waals surface area contributed by atoms with Gasteiger partial charge < -0.3 is 19.7 Å². The number of ether oxygens (including phenoxy) is 1. The van der Waals surface area contributed by atoms with Gasteiger partial charge in [-0.1, -0.05) is 0 Å². The van der Waals surface area contributed by atoms with Gasteiger partial charge in [-0.25, -0.2) is 4.79 Å².